The largest absolute Gasteiger partial charge is 0.370 e. The summed E-state index contributed by atoms with van der Waals surface area (Å²) in [5.41, 5.74) is 2.98. The zero-order valence-electron chi connectivity index (χ0n) is 15.4. The number of pyridine rings is 1. The Balaban J connectivity index is 1.65. The molecule has 1 aliphatic heterocycles. The highest BCUT2D eigenvalue weighted by Gasteiger charge is 2.25. The highest BCUT2D eigenvalue weighted by atomic mass is 16.5. The lowest BCUT2D eigenvalue weighted by Gasteiger charge is -2.34. The van der Waals surface area contributed by atoms with E-state index in [2.05, 4.69) is 16.0 Å². The molecule has 4 rings (SSSR count). The molecular weight excluding hydrogens is 354 g/mol. The lowest BCUT2D eigenvalue weighted by Crippen LogP contribution is -2.41. The van der Waals surface area contributed by atoms with Gasteiger partial charge in [-0.3, -0.25) is 14.3 Å². The molecule has 0 saturated carbocycles. The van der Waals surface area contributed by atoms with Crippen molar-refractivity contribution in [1.82, 2.24) is 14.5 Å². The molecule has 1 atom stereocenters. The highest BCUT2D eigenvalue weighted by Crippen LogP contribution is 2.26. The third-order valence-corrected chi connectivity index (χ3v) is 4.85. The molecule has 1 aliphatic rings. The molecule has 0 amide bonds. The van der Waals surface area contributed by atoms with Crippen molar-refractivity contribution in [1.29, 1.82) is 5.26 Å². The van der Waals surface area contributed by atoms with Crippen molar-refractivity contribution >= 4 is 5.95 Å². The molecule has 0 radical (unpaired) electrons. The number of aromatic nitrogens is 3. The Labute approximate surface area is 162 Å². The number of morpholine rings is 1. The van der Waals surface area contributed by atoms with Gasteiger partial charge in [0.05, 0.1) is 30.5 Å². The van der Waals surface area contributed by atoms with Crippen LogP contribution in [0.4, 0.5) is 5.95 Å². The summed E-state index contributed by atoms with van der Waals surface area (Å²) in [5, 5.41) is 8.97. The second-order valence-electron chi connectivity index (χ2n) is 6.61. The monoisotopic (exact) mass is 373 g/mol. The topological polar surface area (TPSA) is 84.0 Å². The van der Waals surface area contributed by atoms with Crippen LogP contribution < -0.4 is 10.5 Å². The van der Waals surface area contributed by atoms with Gasteiger partial charge in [0.15, 0.2) is 0 Å². The number of hydrogen-bond donors (Lipinski definition) is 0. The van der Waals surface area contributed by atoms with Crippen LogP contribution >= 0.6 is 0 Å². The van der Waals surface area contributed by atoms with E-state index in [9.17, 15) is 4.79 Å². The van der Waals surface area contributed by atoms with Gasteiger partial charge in [-0.05, 0) is 29.8 Å². The van der Waals surface area contributed by atoms with Crippen LogP contribution in [-0.2, 0) is 11.8 Å². The van der Waals surface area contributed by atoms with Crippen molar-refractivity contribution in [2.75, 3.05) is 24.6 Å². The van der Waals surface area contributed by atoms with Gasteiger partial charge in [-0.25, -0.2) is 4.98 Å². The molecule has 140 valence electrons. The molecule has 7 heteroatoms. The van der Waals surface area contributed by atoms with Gasteiger partial charge in [-0.15, -0.1) is 0 Å². The number of benzene rings is 1. The van der Waals surface area contributed by atoms with Crippen molar-refractivity contribution in [2.24, 2.45) is 7.05 Å². The summed E-state index contributed by atoms with van der Waals surface area (Å²) in [6, 6.07) is 14.7. The van der Waals surface area contributed by atoms with Gasteiger partial charge in [0, 0.05) is 37.6 Å². The summed E-state index contributed by atoms with van der Waals surface area (Å²) in [7, 11) is 1.73. The van der Waals surface area contributed by atoms with Crippen molar-refractivity contribution in [3.05, 3.63) is 76.3 Å². The second-order valence-corrected chi connectivity index (χ2v) is 6.61. The summed E-state index contributed by atoms with van der Waals surface area (Å²) in [5.74, 6) is 0.612. The zero-order valence-corrected chi connectivity index (χ0v) is 15.4. The third kappa shape index (κ3) is 3.50. The van der Waals surface area contributed by atoms with Crippen LogP contribution in [0.1, 0.15) is 17.2 Å². The van der Waals surface area contributed by atoms with Crippen LogP contribution in [0.2, 0.25) is 0 Å². The molecule has 1 aromatic carbocycles. The van der Waals surface area contributed by atoms with Crippen molar-refractivity contribution in [3.8, 4) is 17.3 Å². The maximum atomic E-state index is 12.5. The number of rotatable bonds is 3. The smallest absolute Gasteiger partial charge is 0.255 e. The average molecular weight is 373 g/mol. The van der Waals surface area contributed by atoms with Crippen molar-refractivity contribution in [3.63, 3.8) is 0 Å². The summed E-state index contributed by atoms with van der Waals surface area (Å²) < 4.78 is 7.49. The molecule has 7 nitrogen and oxygen atoms in total. The van der Waals surface area contributed by atoms with E-state index in [4.69, 9.17) is 15.0 Å². The Kier molecular flexibility index (Phi) is 4.87. The minimum absolute atomic E-state index is 0.113. The first kappa shape index (κ1) is 17.9. The molecule has 0 spiro atoms. The van der Waals surface area contributed by atoms with E-state index >= 15 is 0 Å². The van der Waals surface area contributed by atoms with Crippen LogP contribution in [0.15, 0.2) is 59.7 Å². The van der Waals surface area contributed by atoms with Gasteiger partial charge >= 0.3 is 0 Å². The normalized spacial score (nSPS) is 16.6. The molecule has 3 aromatic rings. The minimum atomic E-state index is -0.150. The Hall–Kier alpha value is -3.50. The van der Waals surface area contributed by atoms with Gasteiger partial charge in [0.2, 0.25) is 5.95 Å². The number of nitrogens with zero attached hydrogens (tertiary/aromatic N) is 5. The van der Waals surface area contributed by atoms with E-state index in [1.54, 1.807) is 36.1 Å². The molecule has 28 heavy (non-hydrogen) atoms. The number of ether oxygens (including phenoxy) is 1. The maximum Gasteiger partial charge on any atom is 0.255 e. The molecular formula is C21H19N5O2. The summed E-state index contributed by atoms with van der Waals surface area (Å²) in [6.07, 6.45) is 3.22. The zero-order chi connectivity index (χ0) is 19.5. The first-order chi connectivity index (χ1) is 13.7. The molecule has 3 heterocycles. The van der Waals surface area contributed by atoms with E-state index in [-0.39, 0.29) is 11.7 Å². The van der Waals surface area contributed by atoms with Crippen molar-refractivity contribution in [2.45, 2.75) is 6.10 Å². The fourth-order valence-corrected chi connectivity index (χ4v) is 3.29. The van der Waals surface area contributed by atoms with E-state index in [1.165, 1.54) is 6.07 Å². The Bertz CT molecular complexity index is 1070. The molecule has 0 bridgehead atoms. The molecule has 0 N–H and O–H groups in total. The number of hydrogen-bond acceptors (Lipinski definition) is 6. The Morgan fingerprint density at radius 2 is 1.93 bits per heavy atom. The van der Waals surface area contributed by atoms with Gasteiger partial charge < -0.3 is 9.64 Å². The maximum absolute atomic E-state index is 12.5. The van der Waals surface area contributed by atoms with Gasteiger partial charge in [-0.1, -0.05) is 12.1 Å². The van der Waals surface area contributed by atoms with Crippen LogP contribution in [0.3, 0.4) is 0 Å². The van der Waals surface area contributed by atoms with Crippen LogP contribution in [-0.4, -0.2) is 34.2 Å². The number of anilines is 1. The van der Waals surface area contributed by atoms with E-state index in [0.717, 1.165) is 11.1 Å². The SMILES string of the molecule is Cn1c(N2CCO[C@@H](c3ccc(C#N)cc3)C2)nc(-c2ccncc2)cc1=O. The van der Waals surface area contributed by atoms with E-state index in [1.807, 2.05) is 24.3 Å². The fraction of sp³-hybridized carbons (Fsp3) is 0.238. The first-order valence-electron chi connectivity index (χ1n) is 9.01. The van der Waals surface area contributed by atoms with Gasteiger partial charge in [-0.2, -0.15) is 5.26 Å². The van der Waals surface area contributed by atoms with Gasteiger partial charge in [0.1, 0.15) is 6.10 Å². The lowest BCUT2D eigenvalue weighted by atomic mass is 10.1. The molecule has 0 aliphatic carbocycles. The highest BCUT2D eigenvalue weighted by molar-refractivity contribution is 5.59. The van der Waals surface area contributed by atoms with Crippen LogP contribution in [0.5, 0.6) is 0 Å². The Morgan fingerprint density at radius 3 is 2.64 bits per heavy atom. The Morgan fingerprint density at radius 1 is 1.18 bits per heavy atom. The molecule has 1 fully saturated rings. The molecule has 2 aromatic heterocycles. The van der Waals surface area contributed by atoms with Gasteiger partial charge in [0.25, 0.3) is 5.56 Å². The number of nitriles is 1. The van der Waals surface area contributed by atoms with E-state index < -0.39 is 0 Å². The fourth-order valence-electron chi connectivity index (χ4n) is 3.29. The second kappa shape index (κ2) is 7.62. The minimum Gasteiger partial charge on any atom is -0.370 e. The quantitative estimate of drug-likeness (QED) is 0.700. The summed E-state index contributed by atoms with van der Waals surface area (Å²) >= 11 is 0. The lowest BCUT2D eigenvalue weighted by molar-refractivity contribution is 0.0390. The van der Waals surface area contributed by atoms with E-state index in [0.29, 0.717) is 36.9 Å². The summed E-state index contributed by atoms with van der Waals surface area (Å²) in [4.78, 5) is 23.4. The molecule has 0 unspecified atom stereocenters. The average Bonchev–Trinajstić information content (AvgIpc) is 2.76. The molecule has 1 saturated heterocycles. The predicted molar refractivity (Wildman–Crippen MR) is 105 cm³/mol. The van der Waals surface area contributed by atoms with Crippen LogP contribution in [0.25, 0.3) is 11.3 Å². The third-order valence-electron chi connectivity index (χ3n) is 4.85. The first-order valence-corrected chi connectivity index (χ1v) is 9.01. The van der Waals surface area contributed by atoms with Crippen molar-refractivity contribution < 1.29 is 4.74 Å². The van der Waals surface area contributed by atoms with Crippen LogP contribution in [0, 0.1) is 11.3 Å². The summed E-state index contributed by atoms with van der Waals surface area (Å²) in [6.45, 7) is 1.75. The standard InChI is InChI=1S/C21H19N5O2/c1-25-20(27)12-18(16-6-8-23-9-7-16)24-21(25)26-10-11-28-19(14-26)17-4-2-15(13-22)3-5-17/h2-9,12,19H,10-11,14H2,1H3/t19-/m1/s1. The predicted octanol–water partition coefficient (Wildman–Crippen LogP) is 2.29.